The van der Waals surface area contributed by atoms with Crippen molar-refractivity contribution in [3.63, 3.8) is 0 Å². The fourth-order valence-electron chi connectivity index (χ4n) is 3.16. The Morgan fingerprint density at radius 2 is 2.12 bits per heavy atom. The number of aromatic nitrogens is 1. The smallest absolute Gasteiger partial charge is 0.131 e. The number of rotatable bonds is 4. The lowest BCUT2D eigenvalue weighted by Crippen LogP contribution is -2.21. The van der Waals surface area contributed by atoms with E-state index in [0.29, 0.717) is 6.04 Å². The molecule has 0 bridgehead atoms. The van der Waals surface area contributed by atoms with Gasteiger partial charge in [0.1, 0.15) is 17.6 Å². The molecule has 1 N–H and O–H groups in total. The van der Waals surface area contributed by atoms with Gasteiger partial charge in [0, 0.05) is 43.1 Å². The van der Waals surface area contributed by atoms with Crippen LogP contribution in [-0.2, 0) is 0 Å². The van der Waals surface area contributed by atoms with Gasteiger partial charge in [-0.15, -0.1) is 0 Å². The molecule has 1 aromatic heterocycles. The van der Waals surface area contributed by atoms with E-state index in [2.05, 4.69) is 17.2 Å². The predicted molar refractivity (Wildman–Crippen MR) is 97.7 cm³/mol. The minimum Gasteiger partial charge on any atom is -0.496 e. The van der Waals surface area contributed by atoms with E-state index in [0.717, 1.165) is 52.3 Å². The van der Waals surface area contributed by atoms with E-state index in [4.69, 9.17) is 14.5 Å². The van der Waals surface area contributed by atoms with Crippen LogP contribution in [0.4, 0.5) is 0 Å². The van der Waals surface area contributed by atoms with Crippen molar-refractivity contribution in [3.05, 3.63) is 29.5 Å². The van der Waals surface area contributed by atoms with E-state index < -0.39 is 0 Å². The average Bonchev–Trinajstić information content (AvgIpc) is 2.99. The number of ether oxygens (including phenoxy) is 2. The highest BCUT2D eigenvalue weighted by molar-refractivity contribution is 6.01. The predicted octanol–water partition coefficient (Wildman–Crippen LogP) is 3.12. The molecule has 2 unspecified atom stereocenters. The Kier molecular flexibility index (Phi) is 4.71. The number of hydrogen-bond acceptors (Lipinski definition) is 5. The van der Waals surface area contributed by atoms with E-state index in [9.17, 15) is 0 Å². The van der Waals surface area contributed by atoms with Crippen molar-refractivity contribution >= 4 is 16.6 Å². The molecule has 0 saturated carbocycles. The van der Waals surface area contributed by atoms with Crippen LogP contribution in [0.1, 0.15) is 31.5 Å². The van der Waals surface area contributed by atoms with Gasteiger partial charge in [0.2, 0.25) is 0 Å². The number of benzene rings is 1. The summed E-state index contributed by atoms with van der Waals surface area (Å²) in [5.41, 5.74) is 3.66. The average molecular weight is 327 g/mol. The molecular formula is C19H25N3O2. The molecule has 0 aliphatic carbocycles. The molecule has 1 fully saturated rings. The first-order chi connectivity index (χ1) is 11.5. The molecule has 2 atom stereocenters. The van der Waals surface area contributed by atoms with Crippen molar-refractivity contribution in [2.45, 2.75) is 39.3 Å². The lowest BCUT2D eigenvalue weighted by atomic mass is 10.1. The first-order valence-corrected chi connectivity index (χ1v) is 8.35. The largest absolute Gasteiger partial charge is 0.496 e. The Hall–Kier alpha value is -2.14. The third-order valence-corrected chi connectivity index (χ3v) is 4.68. The molecule has 2 heterocycles. The molecule has 24 heavy (non-hydrogen) atoms. The lowest BCUT2D eigenvalue weighted by molar-refractivity contribution is 0.223. The van der Waals surface area contributed by atoms with Gasteiger partial charge in [-0.1, -0.05) is 0 Å². The van der Waals surface area contributed by atoms with E-state index in [-0.39, 0.29) is 6.10 Å². The molecule has 0 spiro atoms. The molecule has 1 aliphatic rings. The number of aliphatic imine (C=N–C) groups is 1. The van der Waals surface area contributed by atoms with Gasteiger partial charge in [0.05, 0.1) is 24.0 Å². The van der Waals surface area contributed by atoms with Crippen molar-refractivity contribution in [3.8, 4) is 11.5 Å². The molecule has 1 aliphatic heterocycles. The summed E-state index contributed by atoms with van der Waals surface area (Å²) in [5, 5.41) is 4.45. The maximum absolute atomic E-state index is 6.32. The van der Waals surface area contributed by atoms with Crippen LogP contribution in [-0.4, -0.2) is 43.5 Å². The fourth-order valence-corrected chi connectivity index (χ4v) is 3.16. The third kappa shape index (κ3) is 3.08. The van der Waals surface area contributed by atoms with Crippen LogP contribution in [0.3, 0.4) is 0 Å². The second-order valence-electron chi connectivity index (χ2n) is 6.39. The van der Waals surface area contributed by atoms with Crippen LogP contribution >= 0.6 is 0 Å². The summed E-state index contributed by atoms with van der Waals surface area (Å²) in [6.45, 7) is 7.05. The van der Waals surface area contributed by atoms with Gasteiger partial charge in [-0.05, 0) is 32.9 Å². The summed E-state index contributed by atoms with van der Waals surface area (Å²) in [4.78, 5) is 9.08. The van der Waals surface area contributed by atoms with Crippen LogP contribution in [0, 0.1) is 6.92 Å². The first-order valence-electron chi connectivity index (χ1n) is 8.35. The second kappa shape index (κ2) is 6.77. The minimum atomic E-state index is 0.180. The zero-order valence-corrected chi connectivity index (χ0v) is 15.0. The lowest BCUT2D eigenvalue weighted by Gasteiger charge is -2.17. The Labute approximate surface area is 143 Å². The maximum Gasteiger partial charge on any atom is 0.131 e. The second-order valence-corrected chi connectivity index (χ2v) is 6.39. The number of nitrogens with zero attached hydrogens (tertiary/aromatic N) is 2. The highest BCUT2D eigenvalue weighted by Gasteiger charge is 2.23. The van der Waals surface area contributed by atoms with E-state index >= 15 is 0 Å². The monoisotopic (exact) mass is 327 g/mol. The molecule has 5 heteroatoms. The van der Waals surface area contributed by atoms with Gasteiger partial charge in [0.25, 0.3) is 0 Å². The summed E-state index contributed by atoms with van der Waals surface area (Å²) in [7, 11) is 3.46. The molecular weight excluding hydrogens is 302 g/mol. The molecule has 0 radical (unpaired) electrons. The fraction of sp³-hybridized carbons (Fsp3) is 0.474. The van der Waals surface area contributed by atoms with E-state index in [1.807, 2.05) is 32.0 Å². The Morgan fingerprint density at radius 3 is 2.75 bits per heavy atom. The molecule has 128 valence electrons. The van der Waals surface area contributed by atoms with Crippen molar-refractivity contribution in [2.24, 2.45) is 4.99 Å². The van der Waals surface area contributed by atoms with Gasteiger partial charge in [0.15, 0.2) is 0 Å². The third-order valence-electron chi connectivity index (χ3n) is 4.68. The summed E-state index contributed by atoms with van der Waals surface area (Å²) >= 11 is 0. The maximum atomic E-state index is 6.32. The van der Waals surface area contributed by atoms with Gasteiger partial charge in [-0.2, -0.15) is 0 Å². The van der Waals surface area contributed by atoms with Crippen LogP contribution in [0.25, 0.3) is 10.9 Å². The highest BCUT2D eigenvalue weighted by Crippen LogP contribution is 2.33. The van der Waals surface area contributed by atoms with Crippen LogP contribution in [0.2, 0.25) is 0 Å². The Morgan fingerprint density at radius 1 is 1.33 bits per heavy atom. The van der Waals surface area contributed by atoms with E-state index in [1.54, 1.807) is 14.2 Å². The molecule has 0 amide bonds. The summed E-state index contributed by atoms with van der Waals surface area (Å²) in [5.74, 6) is 1.70. The van der Waals surface area contributed by atoms with Crippen LogP contribution < -0.4 is 14.8 Å². The topological polar surface area (TPSA) is 55.7 Å². The number of methoxy groups -OCH3 is 1. The summed E-state index contributed by atoms with van der Waals surface area (Å²) in [6, 6.07) is 6.49. The van der Waals surface area contributed by atoms with Crippen molar-refractivity contribution in [1.29, 1.82) is 0 Å². The van der Waals surface area contributed by atoms with Crippen LogP contribution in [0.15, 0.2) is 23.2 Å². The normalized spacial score (nSPS) is 21.3. The first kappa shape index (κ1) is 16.7. The number of hydrogen-bond donors (Lipinski definition) is 1. The Balaban J connectivity index is 2.13. The molecule has 1 saturated heterocycles. The number of pyridine rings is 1. The van der Waals surface area contributed by atoms with Crippen molar-refractivity contribution in [2.75, 3.05) is 20.7 Å². The highest BCUT2D eigenvalue weighted by atomic mass is 16.5. The Bertz CT molecular complexity index is 786. The molecule has 1 aromatic carbocycles. The summed E-state index contributed by atoms with van der Waals surface area (Å²) < 4.78 is 11.8. The number of aryl methyl sites for hydroxylation is 1. The van der Waals surface area contributed by atoms with E-state index in [1.165, 1.54) is 0 Å². The zero-order chi connectivity index (χ0) is 17.3. The number of fused-ring (bicyclic) bond motifs is 1. The summed E-state index contributed by atoms with van der Waals surface area (Å²) in [6.07, 6.45) is 1.19. The molecule has 5 nitrogen and oxygen atoms in total. The molecule has 3 rings (SSSR count). The SMILES string of the molecule is CN=C(C)c1cc(OC2CNC(C)C2)c2ccc(OC)c(C)c2n1. The minimum absolute atomic E-state index is 0.180. The standard InChI is InChI=1S/C19H25N3O2/c1-11-8-14(10-21-11)24-18-9-16(13(3)20-4)22-19-12(2)17(23-5)7-6-15(18)19/h6-7,9,11,14,21H,8,10H2,1-5H3. The van der Waals surface area contributed by atoms with Gasteiger partial charge in [-0.25, -0.2) is 4.98 Å². The van der Waals surface area contributed by atoms with Gasteiger partial charge >= 0.3 is 0 Å². The quantitative estimate of drug-likeness (QED) is 0.877. The van der Waals surface area contributed by atoms with Gasteiger partial charge < -0.3 is 14.8 Å². The van der Waals surface area contributed by atoms with Gasteiger partial charge in [-0.3, -0.25) is 4.99 Å². The van der Waals surface area contributed by atoms with Crippen molar-refractivity contribution in [1.82, 2.24) is 10.3 Å². The van der Waals surface area contributed by atoms with Crippen molar-refractivity contribution < 1.29 is 9.47 Å². The molecule has 2 aromatic rings. The zero-order valence-electron chi connectivity index (χ0n) is 15.0. The number of nitrogens with one attached hydrogen (secondary N) is 1. The van der Waals surface area contributed by atoms with Crippen LogP contribution in [0.5, 0.6) is 11.5 Å².